The van der Waals surface area contributed by atoms with Crippen LogP contribution >= 0.6 is 0 Å². The molecule has 0 fully saturated rings. The van der Waals surface area contributed by atoms with Crippen molar-refractivity contribution in [2.45, 2.75) is 26.8 Å². The zero-order valence-electron chi connectivity index (χ0n) is 11.8. The van der Waals surface area contributed by atoms with Gasteiger partial charge in [-0.3, -0.25) is 0 Å². The third-order valence-corrected chi connectivity index (χ3v) is 3.27. The summed E-state index contributed by atoms with van der Waals surface area (Å²) in [6.45, 7) is 5.33. The van der Waals surface area contributed by atoms with Crippen LogP contribution in [0.3, 0.4) is 0 Å². The molecule has 0 bridgehead atoms. The van der Waals surface area contributed by atoms with Crippen LogP contribution in [0.15, 0.2) is 36.4 Å². The van der Waals surface area contributed by atoms with Crippen molar-refractivity contribution in [2.75, 3.05) is 6.54 Å². The van der Waals surface area contributed by atoms with Gasteiger partial charge in [0.15, 0.2) is 0 Å². The van der Waals surface area contributed by atoms with Gasteiger partial charge in [-0.1, -0.05) is 31.2 Å². The lowest BCUT2D eigenvalue weighted by Crippen LogP contribution is -2.13. The molecule has 0 spiro atoms. The Bertz CT molecular complexity index is 594. The molecule has 0 amide bonds. The Balaban J connectivity index is 2.22. The van der Waals surface area contributed by atoms with Crippen molar-refractivity contribution in [1.29, 1.82) is 0 Å². The summed E-state index contributed by atoms with van der Waals surface area (Å²) >= 11 is 0. The third-order valence-electron chi connectivity index (χ3n) is 3.27. The highest BCUT2D eigenvalue weighted by Gasteiger charge is 2.08. The molecular weight excluding hydrogens is 256 g/mol. The molecule has 3 heteroatoms. The SMILES string of the molecule is CCCNCc1ccc(-c2ccc(C)c(F)c2)c(F)c1. The van der Waals surface area contributed by atoms with Crippen LogP contribution in [0.5, 0.6) is 0 Å². The van der Waals surface area contributed by atoms with Gasteiger partial charge in [0.2, 0.25) is 0 Å². The van der Waals surface area contributed by atoms with Gasteiger partial charge in [0.25, 0.3) is 0 Å². The average molecular weight is 275 g/mol. The van der Waals surface area contributed by atoms with Crippen molar-refractivity contribution in [3.05, 3.63) is 59.2 Å². The molecule has 0 heterocycles. The Morgan fingerprint density at radius 2 is 1.80 bits per heavy atom. The molecule has 0 unspecified atom stereocenters. The lowest BCUT2D eigenvalue weighted by Gasteiger charge is -2.08. The van der Waals surface area contributed by atoms with Crippen LogP contribution in [0.4, 0.5) is 8.78 Å². The fraction of sp³-hybridized carbons (Fsp3) is 0.294. The maximum Gasteiger partial charge on any atom is 0.131 e. The van der Waals surface area contributed by atoms with Gasteiger partial charge in [0, 0.05) is 12.1 Å². The van der Waals surface area contributed by atoms with Gasteiger partial charge in [-0.2, -0.15) is 0 Å². The summed E-state index contributed by atoms with van der Waals surface area (Å²) in [4.78, 5) is 0. The van der Waals surface area contributed by atoms with Crippen LogP contribution in [0.25, 0.3) is 11.1 Å². The van der Waals surface area contributed by atoms with Crippen molar-refractivity contribution < 1.29 is 8.78 Å². The highest BCUT2D eigenvalue weighted by molar-refractivity contribution is 5.65. The van der Waals surface area contributed by atoms with Crippen molar-refractivity contribution in [2.24, 2.45) is 0 Å². The first kappa shape index (κ1) is 14.7. The molecule has 0 radical (unpaired) electrons. The Morgan fingerprint density at radius 1 is 1.00 bits per heavy atom. The Hall–Kier alpha value is -1.74. The largest absolute Gasteiger partial charge is 0.313 e. The normalized spacial score (nSPS) is 10.8. The quantitative estimate of drug-likeness (QED) is 0.795. The van der Waals surface area contributed by atoms with Crippen molar-refractivity contribution in [3.63, 3.8) is 0 Å². The van der Waals surface area contributed by atoms with Gasteiger partial charge in [-0.05, 0) is 48.7 Å². The summed E-state index contributed by atoms with van der Waals surface area (Å²) in [5, 5.41) is 3.23. The molecule has 0 aliphatic heterocycles. The number of hydrogen-bond donors (Lipinski definition) is 1. The van der Waals surface area contributed by atoms with Crippen molar-refractivity contribution >= 4 is 0 Å². The second-order valence-corrected chi connectivity index (χ2v) is 4.95. The summed E-state index contributed by atoms with van der Waals surface area (Å²) in [6.07, 6.45) is 1.04. The lowest BCUT2D eigenvalue weighted by molar-refractivity contribution is 0.615. The van der Waals surface area contributed by atoms with Crippen molar-refractivity contribution in [3.8, 4) is 11.1 Å². The van der Waals surface area contributed by atoms with Gasteiger partial charge >= 0.3 is 0 Å². The van der Waals surface area contributed by atoms with E-state index in [1.807, 2.05) is 6.07 Å². The predicted molar refractivity (Wildman–Crippen MR) is 78.5 cm³/mol. The molecule has 0 saturated heterocycles. The molecule has 2 aromatic rings. The van der Waals surface area contributed by atoms with Crippen LogP contribution < -0.4 is 5.32 Å². The van der Waals surface area contributed by atoms with E-state index in [1.165, 1.54) is 12.1 Å². The minimum Gasteiger partial charge on any atom is -0.313 e. The van der Waals surface area contributed by atoms with Gasteiger partial charge in [-0.15, -0.1) is 0 Å². The molecule has 0 aromatic heterocycles. The van der Waals surface area contributed by atoms with Crippen LogP contribution in [-0.2, 0) is 6.54 Å². The van der Waals surface area contributed by atoms with E-state index in [1.54, 1.807) is 25.1 Å². The fourth-order valence-electron chi connectivity index (χ4n) is 2.07. The van der Waals surface area contributed by atoms with Crippen LogP contribution in [-0.4, -0.2) is 6.54 Å². The molecule has 106 valence electrons. The number of benzene rings is 2. The number of hydrogen-bond acceptors (Lipinski definition) is 1. The zero-order chi connectivity index (χ0) is 14.5. The molecule has 2 rings (SSSR count). The van der Waals surface area contributed by atoms with E-state index in [-0.39, 0.29) is 11.6 Å². The van der Waals surface area contributed by atoms with Gasteiger partial charge in [0.05, 0.1) is 0 Å². The second-order valence-electron chi connectivity index (χ2n) is 4.95. The minimum absolute atomic E-state index is 0.310. The van der Waals surface area contributed by atoms with E-state index in [9.17, 15) is 8.78 Å². The van der Waals surface area contributed by atoms with E-state index in [0.29, 0.717) is 23.2 Å². The molecule has 2 aromatic carbocycles. The second kappa shape index (κ2) is 6.62. The molecule has 0 saturated carbocycles. The Morgan fingerprint density at radius 3 is 2.45 bits per heavy atom. The van der Waals surface area contributed by atoms with Crippen LogP contribution in [0.2, 0.25) is 0 Å². The summed E-state index contributed by atoms with van der Waals surface area (Å²) in [5.74, 6) is -0.625. The zero-order valence-corrected chi connectivity index (χ0v) is 11.8. The number of rotatable bonds is 5. The lowest BCUT2D eigenvalue weighted by atomic mass is 10.0. The van der Waals surface area contributed by atoms with Crippen LogP contribution in [0.1, 0.15) is 24.5 Å². The first-order chi connectivity index (χ1) is 9.61. The molecule has 1 N–H and O–H groups in total. The van der Waals surface area contributed by atoms with E-state index in [2.05, 4.69) is 12.2 Å². The molecule has 0 atom stereocenters. The summed E-state index contributed by atoms with van der Waals surface area (Å²) < 4.78 is 27.7. The van der Waals surface area contributed by atoms with E-state index < -0.39 is 0 Å². The summed E-state index contributed by atoms with van der Waals surface area (Å²) in [5.41, 5.74) is 2.46. The summed E-state index contributed by atoms with van der Waals surface area (Å²) in [7, 11) is 0. The highest BCUT2D eigenvalue weighted by atomic mass is 19.1. The minimum atomic E-state index is -0.316. The molecule has 20 heavy (non-hydrogen) atoms. The average Bonchev–Trinajstić information content (AvgIpc) is 2.43. The fourth-order valence-corrected chi connectivity index (χ4v) is 2.07. The maximum atomic E-state index is 14.1. The molecule has 1 nitrogen and oxygen atoms in total. The smallest absolute Gasteiger partial charge is 0.131 e. The molecular formula is C17H19F2N. The third kappa shape index (κ3) is 3.42. The Kier molecular flexibility index (Phi) is 4.85. The van der Waals surface area contributed by atoms with Crippen molar-refractivity contribution in [1.82, 2.24) is 5.32 Å². The van der Waals surface area contributed by atoms with E-state index >= 15 is 0 Å². The first-order valence-corrected chi connectivity index (χ1v) is 6.87. The van der Waals surface area contributed by atoms with E-state index in [0.717, 1.165) is 18.5 Å². The number of halogens is 2. The van der Waals surface area contributed by atoms with Gasteiger partial charge in [-0.25, -0.2) is 8.78 Å². The van der Waals surface area contributed by atoms with E-state index in [4.69, 9.17) is 0 Å². The highest BCUT2D eigenvalue weighted by Crippen LogP contribution is 2.25. The monoisotopic (exact) mass is 275 g/mol. The van der Waals surface area contributed by atoms with Gasteiger partial charge < -0.3 is 5.32 Å². The maximum absolute atomic E-state index is 14.1. The molecule has 0 aliphatic rings. The standard InChI is InChI=1S/C17H19F2N/c1-3-8-20-11-13-5-7-15(17(19)9-13)14-6-4-12(2)16(18)10-14/h4-7,9-10,20H,3,8,11H2,1-2H3. The summed E-state index contributed by atoms with van der Waals surface area (Å²) in [6, 6.07) is 9.88. The number of aryl methyl sites for hydroxylation is 1. The molecule has 0 aliphatic carbocycles. The Labute approximate surface area is 118 Å². The number of nitrogens with one attached hydrogen (secondary N) is 1. The topological polar surface area (TPSA) is 12.0 Å². The predicted octanol–water partition coefficient (Wildman–Crippen LogP) is 4.44. The first-order valence-electron chi connectivity index (χ1n) is 6.87. The van der Waals surface area contributed by atoms with Gasteiger partial charge in [0.1, 0.15) is 11.6 Å². The van der Waals surface area contributed by atoms with Crippen LogP contribution in [0, 0.1) is 18.6 Å².